The van der Waals surface area contributed by atoms with Gasteiger partial charge in [0.15, 0.2) is 5.11 Å². The summed E-state index contributed by atoms with van der Waals surface area (Å²) in [6, 6.07) is 12.7. The third kappa shape index (κ3) is 6.55. The normalized spacial score (nSPS) is 19.0. The molecule has 0 unspecified atom stereocenters. The van der Waals surface area contributed by atoms with Crippen molar-refractivity contribution in [2.24, 2.45) is 5.92 Å². The molecule has 6 nitrogen and oxygen atoms in total. The molecule has 3 heterocycles. The summed E-state index contributed by atoms with van der Waals surface area (Å²) in [7, 11) is 0. The molecule has 0 spiro atoms. The summed E-state index contributed by atoms with van der Waals surface area (Å²) >= 11 is 5.55. The first-order chi connectivity index (χ1) is 15.7. The van der Waals surface area contributed by atoms with Crippen molar-refractivity contribution in [3.63, 3.8) is 0 Å². The van der Waals surface area contributed by atoms with Gasteiger partial charge in [-0.05, 0) is 68.6 Å². The number of hydrogen-bond acceptors (Lipinski definition) is 5. The Bertz CT molecular complexity index is 868. The Labute approximate surface area is 197 Å². The Morgan fingerprint density at radius 1 is 1.00 bits per heavy atom. The standard InChI is InChI=1S/C25H36N6S/c1-20-10-9-17-31(19-20)23-18-22(30-15-6-3-7-16-30)27-24(28-23)29-25(32)26-14-8-13-21-11-4-2-5-12-21/h2,4-5,11-12,18,20H,3,6-10,13-17,19H2,1H3,(H2,26,27,28,29,32)/t20-/m1/s1. The minimum absolute atomic E-state index is 0.590. The van der Waals surface area contributed by atoms with Crippen LogP contribution in [-0.2, 0) is 6.42 Å². The fraction of sp³-hybridized carbons (Fsp3) is 0.560. The fourth-order valence-corrected chi connectivity index (χ4v) is 4.80. The smallest absolute Gasteiger partial charge is 0.232 e. The molecule has 2 aromatic rings. The van der Waals surface area contributed by atoms with Crippen LogP contribution in [0.1, 0.15) is 51.0 Å². The minimum Gasteiger partial charge on any atom is -0.362 e. The van der Waals surface area contributed by atoms with E-state index in [-0.39, 0.29) is 0 Å². The van der Waals surface area contributed by atoms with E-state index in [1.807, 2.05) is 0 Å². The fourth-order valence-electron chi connectivity index (χ4n) is 4.61. The zero-order valence-electron chi connectivity index (χ0n) is 19.2. The van der Waals surface area contributed by atoms with Crippen LogP contribution < -0.4 is 20.4 Å². The highest BCUT2D eigenvalue weighted by molar-refractivity contribution is 7.80. The zero-order chi connectivity index (χ0) is 22.2. The van der Waals surface area contributed by atoms with Crippen LogP contribution in [-0.4, -0.2) is 47.8 Å². The lowest BCUT2D eigenvalue weighted by Gasteiger charge is -2.33. The number of hydrogen-bond donors (Lipinski definition) is 2. The van der Waals surface area contributed by atoms with Gasteiger partial charge in [0.1, 0.15) is 11.6 Å². The summed E-state index contributed by atoms with van der Waals surface area (Å²) in [6.07, 6.45) is 8.33. The highest BCUT2D eigenvalue weighted by Gasteiger charge is 2.21. The number of benzene rings is 1. The molecule has 172 valence electrons. The molecule has 1 atom stereocenters. The molecule has 0 bridgehead atoms. The van der Waals surface area contributed by atoms with E-state index in [4.69, 9.17) is 22.2 Å². The molecule has 1 aromatic heterocycles. The minimum atomic E-state index is 0.590. The summed E-state index contributed by atoms with van der Waals surface area (Å²) < 4.78 is 0. The molecule has 7 heteroatoms. The van der Waals surface area contributed by atoms with Crippen LogP contribution in [0.2, 0.25) is 0 Å². The highest BCUT2D eigenvalue weighted by atomic mass is 32.1. The van der Waals surface area contributed by atoms with Gasteiger partial charge in [-0.2, -0.15) is 9.97 Å². The van der Waals surface area contributed by atoms with Crippen molar-refractivity contribution in [1.82, 2.24) is 15.3 Å². The summed E-state index contributed by atoms with van der Waals surface area (Å²) in [5.74, 6) is 3.33. The number of nitrogens with one attached hydrogen (secondary N) is 2. The topological polar surface area (TPSA) is 56.3 Å². The van der Waals surface area contributed by atoms with Gasteiger partial charge in [0.05, 0.1) is 0 Å². The molecule has 2 saturated heterocycles. The van der Waals surface area contributed by atoms with E-state index in [1.165, 1.54) is 37.7 Å². The van der Waals surface area contributed by atoms with Crippen LogP contribution in [0.25, 0.3) is 0 Å². The maximum absolute atomic E-state index is 5.55. The maximum atomic E-state index is 5.55. The van der Waals surface area contributed by atoms with Gasteiger partial charge >= 0.3 is 0 Å². The number of aryl methyl sites for hydroxylation is 1. The van der Waals surface area contributed by atoms with Gasteiger partial charge in [0.2, 0.25) is 5.95 Å². The molecule has 1 aromatic carbocycles. The quantitative estimate of drug-likeness (QED) is 0.469. The van der Waals surface area contributed by atoms with Gasteiger partial charge in [-0.15, -0.1) is 0 Å². The number of thiocarbonyl (C=S) groups is 1. The zero-order valence-corrected chi connectivity index (χ0v) is 20.0. The molecular formula is C25H36N6S. The Hall–Kier alpha value is -2.41. The number of nitrogens with zero attached hydrogens (tertiary/aromatic N) is 4. The average molecular weight is 453 g/mol. The van der Waals surface area contributed by atoms with E-state index < -0.39 is 0 Å². The Morgan fingerprint density at radius 2 is 1.72 bits per heavy atom. The summed E-state index contributed by atoms with van der Waals surface area (Å²) in [4.78, 5) is 14.5. The van der Waals surface area contributed by atoms with Crippen molar-refractivity contribution in [2.75, 3.05) is 47.8 Å². The molecule has 2 fully saturated rings. The van der Waals surface area contributed by atoms with Crippen molar-refractivity contribution in [1.29, 1.82) is 0 Å². The van der Waals surface area contributed by atoms with E-state index in [1.54, 1.807) is 0 Å². The third-order valence-electron chi connectivity index (χ3n) is 6.36. The van der Waals surface area contributed by atoms with E-state index in [2.05, 4.69) is 63.8 Å². The number of anilines is 3. The van der Waals surface area contributed by atoms with Crippen LogP contribution in [0.5, 0.6) is 0 Å². The molecule has 4 rings (SSSR count). The van der Waals surface area contributed by atoms with Gasteiger partial charge in [0, 0.05) is 38.8 Å². The SMILES string of the molecule is C[C@@H]1CCCN(c2cc(N3CCCCC3)nc(NC(=S)NCCCc3ccccc3)n2)C1. The molecule has 2 aliphatic heterocycles. The van der Waals surface area contributed by atoms with Crippen molar-refractivity contribution >= 4 is 34.9 Å². The average Bonchev–Trinajstić information content (AvgIpc) is 2.83. The van der Waals surface area contributed by atoms with E-state index in [9.17, 15) is 0 Å². The molecule has 32 heavy (non-hydrogen) atoms. The summed E-state index contributed by atoms with van der Waals surface area (Å²) in [5, 5.41) is 7.16. The van der Waals surface area contributed by atoms with Crippen molar-refractivity contribution in [3.8, 4) is 0 Å². The van der Waals surface area contributed by atoms with Crippen molar-refractivity contribution < 1.29 is 0 Å². The number of aromatic nitrogens is 2. The Balaban J connectivity index is 1.39. The Kier molecular flexibility index (Phi) is 8.15. The molecule has 0 saturated carbocycles. The molecule has 0 radical (unpaired) electrons. The predicted molar refractivity (Wildman–Crippen MR) is 138 cm³/mol. The maximum Gasteiger partial charge on any atom is 0.232 e. The molecule has 0 aliphatic carbocycles. The van der Waals surface area contributed by atoms with Gasteiger partial charge in [0.25, 0.3) is 0 Å². The molecule has 0 amide bonds. The lowest BCUT2D eigenvalue weighted by atomic mass is 10.0. The highest BCUT2D eigenvalue weighted by Crippen LogP contribution is 2.27. The monoisotopic (exact) mass is 452 g/mol. The second-order valence-electron chi connectivity index (χ2n) is 9.12. The number of rotatable bonds is 7. The lowest BCUT2D eigenvalue weighted by molar-refractivity contribution is 0.444. The summed E-state index contributed by atoms with van der Waals surface area (Å²) in [5.41, 5.74) is 1.35. The van der Waals surface area contributed by atoms with Crippen molar-refractivity contribution in [2.45, 2.75) is 51.9 Å². The van der Waals surface area contributed by atoms with Crippen LogP contribution in [0, 0.1) is 5.92 Å². The van der Waals surface area contributed by atoms with Gasteiger partial charge < -0.3 is 20.4 Å². The molecular weight excluding hydrogens is 416 g/mol. The summed E-state index contributed by atoms with van der Waals surface area (Å²) in [6.45, 7) is 7.39. The van der Waals surface area contributed by atoms with Crippen LogP contribution in [0.4, 0.5) is 17.6 Å². The lowest BCUT2D eigenvalue weighted by Crippen LogP contribution is -2.36. The second kappa shape index (κ2) is 11.5. The largest absolute Gasteiger partial charge is 0.362 e. The molecule has 2 N–H and O–H groups in total. The predicted octanol–water partition coefficient (Wildman–Crippen LogP) is 4.62. The van der Waals surface area contributed by atoms with Crippen molar-refractivity contribution in [3.05, 3.63) is 42.0 Å². The first-order valence-electron chi connectivity index (χ1n) is 12.1. The molecule has 2 aliphatic rings. The van der Waals surface area contributed by atoms with Gasteiger partial charge in [-0.1, -0.05) is 37.3 Å². The third-order valence-corrected chi connectivity index (χ3v) is 6.60. The van der Waals surface area contributed by atoms with Crippen LogP contribution >= 0.6 is 12.2 Å². The Morgan fingerprint density at radius 3 is 2.47 bits per heavy atom. The first kappa shape index (κ1) is 22.8. The second-order valence-corrected chi connectivity index (χ2v) is 9.53. The first-order valence-corrected chi connectivity index (χ1v) is 12.6. The van der Waals surface area contributed by atoms with Gasteiger partial charge in [-0.25, -0.2) is 0 Å². The van der Waals surface area contributed by atoms with E-state index >= 15 is 0 Å². The van der Waals surface area contributed by atoms with E-state index in [0.717, 1.165) is 57.2 Å². The number of piperidine rings is 2. The van der Waals surface area contributed by atoms with E-state index in [0.29, 0.717) is 17.0 Å². The van der Waals surface area contributed by atoms with Crippen LogP contribution in [0.3, 0.4) is 0 Å². The van der Waals surface area contributed by atoms with Gasteiger partial charge in [-0.3, -0.25) is 0 Å². The van der Waals surface area contributed by atoms with Crippen LogP contribution in [0.15, 0.2) is 36.4 Å².